The summed E-state index contributed by atoms with van der Waals surface area (Å²) >= 11 is 0. The minimum absolute atomic E-state index is 0.112. The van der Waals surface area contributed by atoms with Crippen molar-refractivity contribution in [2.45, 2.75) is 38.0 Å². The first-order valence-electron chi connectivity index (χ1n) is 8.83. The minimum Gasteiger partial charge on any atom is -0.360 e. The van der Waals surface area contributed by atoms with Crippen LogP contribution in [0.3, 0.4) is 0 Å². The number of sulfonamides is 1. The second-order valence-corrected chi connectivity index (χ2v) is 8.61. The van der Waals surface area contributed by atoms with E-state index in [-0.39, 0.29) is 10.8 Å². The van der Waals surface area contributed by atoms with Crippen LogP contribution in [-0.2, 0) is 14.8 Å². The van der Waals surface area contributed by atoms with Gasteiger partial charge in [0, 0.05) is 39.1 Å². The van der Waals surface area contributed by atoms with E-state index in [1.807, 2.05) is 0 Å². The normalized spacial score (nSPS) is 20.3. The molecular formula is C16H26N4O4S. The van der Waals surface area contributed by atoms with E-state index in [1.165, 1.54) is 17.1 Å². The van der Waals surface area contributed by atoms with E-state index < -0.39 is 10.0 Å². The molecule has 2 aliphatic heterocycles. The van der Waals surface area contributed by atoms with Gasteiger partial charge in [-0.2, -0.15) is 4.31 Å². The van der Waals surface area contributed by atoms with Gasteiger partial charge >= 0.3 is 0 Å². The molecule has 2 aliphatic rings. The first-order valence-corrected chi connectivity index (χ1v) is 10.3. The van der Waals surface area contributed by atoms with Gasteiger partial charge in [-0.1, -0.05) is 5.16 Å². The van der Waals surface area contributed by atoms with Gasteiger partial charge in [-0.3, -0.25) is 4.79 Å². The second-order valence-electron chi connectivity index (χ2n) is 6.74. The average Bonchev–Trinajstić information content (AvgIpc) is 3.22. The molecule has 0 atom stereocenters. The fourth-order valence-corrected chi connectivity index (χ4v) is 5.28. The molecule has 8 nitrogen and oxygen atoms in total. The van der Waals surface area contributed by atoms with Crippen molar-refractivity contribution in [3.63, 3.8) is 0 Å². The highest BCUT2D eigenvalue weighted by Crippen LogP contribution is 2.24. The Morgan fingerprint density at radius 3 is 2.28 bits per heavy atom. The molecule has 1 aromatic rings. The van der Waals surface area contributed by atoms with Crippen molar-refractivity contribution >= 4 is 15.9 Å². The lowest BCUT2D eigenvalue weighted by atomic mass is 10.3. The molecule has 25 heavy (non-hydrogen) atoms. The highest BCUT2D eigenvalue weighted by atomic mass is 32.2. The molecule has 0 aromatic carbocycles. The van der Waals surface area contributed by atoms with Crippen molar-refractivity contribution in [2.24, 2.45) is 0 Å². The molecule has 140 valence electrons. The SMILES string of the molecule is Cc1noc(C)c1S(=O)(=O)N1CCN(C(=O)CCN2CCCC2)CC1. The van der Waals surface area contributed by atoms with E-state index in [0.29, 0.717) is 44.1 Å². The quantitative estimate of drug-likeness (QED) is 0.755. The Bertz CT molecular complexity index is 697. The smallest absolute Gasteiger partial charge is 0.248 e. The molecule has 2 fully saturated rings. The number of hydrogen-bond donors (Lipinski definition) is 0. The van der Waals surface area contributed by atoms with Gasteiger partial charge in [0.05, 0.1) is 0 Å². The highest BCUT2D eigenvalue weighted by Gasteiger charge is 2.34. The molecule has 0 radical (unpaired) electrons. The van der Waals surface area contributed by atoms with Gasteiger partial charge in [0.1, 0.15) is 10.6 Å². The van der Waals surface area contributed by atoms with Gasteiger partial charge in [0.25, 0.3) is 0 Å². The number of carbonyl (C=O) groups is 1. The minimum atomic E-state index is -3.62. The average molecular weight is 370 g/mol. The summed E-state index contributed by atoms with van der Waals surface area (Å²) < 4.78 is 32.0. The molecule has 0 spiro atoms. The zero-order valence-corrected chi connectivity index (χ0v) is 15.7. The molecule has 2 saturated heterocycles. The second kappa shape index (κ2) is 7.43. The Kier molecular flexibility index (Phi) is 5.45. The predicted molar refractivity (Wildman–Crippen MR) is 91.6 cm³/mol. The number of piperazine rings is 1. The van der Waals surface area contributed by atoms with Crippen molar-refractivity contribution in [1.82, 2.24) is 19.3 Å². The zero-order chi connectivity index (χ0) is 18.0. The van der Waals surface area contributed by atoms with Gasteiger partial charge in [0.15, 0.2) is 5.76 Å². The number of amides is 1. The Hall–Kier alpha value is -1.45. The molecule has 0 unspecified atom stereocenters. The van der Waals surface area contributed by atoms with Gasteiger partial charge in [-0.05, 0) is 39.8 Å². The van der Waals surface area contributed by atoms with Crippen LogP contribution in [0.2, 0.25) is 0 Å². The van der Waals surface area contributed by atoms with Crippen LogP contribution >= 0.6 is 0 Å². The van der Waals surface area contributed by atoms with Gasteiger partial charge in [-0.25, -0.2) is 8.42 Å². The fourth-order valence-electron chi connectivity index (χ4n) is 3.57. The van der Waals surface area contributed by atoms with Crippen LogP contribution in [0.25, 0.3) is 0 Å². The molecule has 0 aliphatic carbocycles. The predicted octanol–water partition coefficient (Wildman–Crippen LogP) is 0.610. The first-order chi connectivity index (χ1) is 11.9. The van der Waals surface area contributed by atoms with Crippen LogP contribution in [-0.4, -0.2) is 79.4 Å². The maximum Gasteiger partial charge on any atom is 0.248 e. The van der Waals surface area contributed by atoms with Crippen LogP contribution in [0.5, 0.6) is 0 Å². The number of likely N-dealkylation sites (tertiary alicyclic amines) is 1. The van der Waals surface area contributed by atoms with Gasteiger partial charge in [0.2, 0.25) is 15.9 Å². The van der Waals surface area contributed by atoms with Crippen LogP contribution in [0, 0.1) is 13.8 Å². The molecule has 9 heteroatoms. The van der Waals surface area contributed by atoms with E-state index in [9.17, 15) is 13.2 Å². The Labute approximate surface area is 148 Å². The van der Waals surface area contributed by atoms with E-state index >= 15 is 0 Å². The number of hydrogen-bond acceptors (Lipinski definition) is 6. The monoisotopic (exact) mass is 370 g/mol. The Morgan fingerprint density at radius 1 is 1.08 bits per heavy atom. The summed E-state index contributed by atoms with van der Waals surface area (Å²) in [6, 6.07) is 0. The van der Waals surface area contributed by atoms with E-state index in [0.717, 1.165) is 19.6 Å². The van der Waals surface area contributed by atoms with E-state index in [4.69, 9.17) is 4.52 Å². The topological polar surface area (TPSA) is 87.0 Å². The summed E-state index contributed by atoms with van der Waals surface area (Å²) in [6.45, 7) is 7.67. The van der Waals surface area contributed by atoms with Crippen molar-refractivity contribution in [2.75, 3.05) is 45.8 Å². The van der Waals surface area contributed by atoms with Crippen molar-refractivity contribution in [3.8, 4) is 0 Å². The third-order valence-corrected chi connectivity index (χ3v) is 7.14. The van der Waals surface area contributed by atoms with E-state index in [2.05, 4.69) is 10.1 Å². The van der Waals surface area contributed by atoms with Crippen molar-refractivity contribution in [1.29, 1.82) is 0 Å². The fraction of sp³-hybridized carbons (Fsp3) is 0.750. The lowest BCUT2D eigenvalue weighted by Gasteiger charge is -2.34. The van der Waals surface area contributed by atoms with Gasteiger partial charge in [-0.15, -0.1) is 0 Å². The number of carbonyl (C=O) groups excluding carboxylic acids is 1. The molecule has 3 rings (SSSR count). The molecular weight excluding hydrogens is 344 g/mol. The lowest BCUT2D eigenvalue weighted by molar-refractivity contribution is -0.132. The van der Waals surface area contributed by atoms with E-state index in [1.54, 1.807) is 18.7 Å². The first kappa shape index (κ1) is 18.3. The maximum absolute atomic E-state index is 12.8. The number of aryl methyl sites for hydroxylation is 2. The lowest BCUT2D eigenvalue weighted by Crippen LogP contribution is -2.51. The summed E-state index contributed by atoms with van der Waals surface area (Å²) in [5.74, 6) is 0.419. The Morgan fingerprint density at radius 2 is 1.72 bits per heavy atom. The molecule has 3 heterocycles. The third-order valence-electron chi connectivity index (χ3n) is 5.00. The number of aromatic nitrogens is 1. The number of rotatable bonds is 5. The highest BCUT2D eigenvalue weighted by molar-refractivity contribution is 7.89. The maximum atomic E-state index is 12.8. The van der Waals surface area contributed by atoms with Crippen LogP contribution in [0.4, 0.5) is 0 Å². The van der Waals surface area contributed by atoms with Crippen LogP contribution < -0.4 is 0 Å². The van der Waals surface area contributed by atoms with Crippen molar-refractivity contribution < 1.29 is 17.7 Å². The summed E-state index contributed by atoms with van der Waals surface area (Å²) in [5.41, 5.74) is 0.376. The van der Waals surface area contributed by atoms with Crippen LogP contribution in [0.1, 0.15) is 30.7 Å². The molecule has 0 N–H and O–H groups in total. The molecule has 1 amide bonds. The van der Waals surface area contributed by atoms with Gasteiger partial charge < -0.3 is 14.3 Å². The number of nitrogens with zero attached hydrogens (tertiary/aromatic N) is 4. The third kappa shape index (κ3) is 3.88. The molecule has 1 aromatic heterocycles. The summed E-state index contributed by atoms with van der Waals surface area (Å²) in [4.78, 5) is 16.6. The largest absolute Gasteiger partial charge is 0.360 e. The molecule has 0 saturated carbocycles. The van der Waals surface area contributed by atoms with Crippen molar-refractivity contribution in [3.05, 3.63) is 11.5 Å². The summed E-state index contributed by atoms with van der Waals surface area (Å²) in [6.07, 6.45) is 2.94. The zero-order valence-electron chi connectivity index (χ0n) is 14.9. The molecule has 0 bridgehead atoms. The summed E-state index contributed by atoms with van der Waals surface area (Å²) in [5, 5.41) is 3.73. The standard InChI is InChI=1S/C16H26N4O4S/c1-13-16(14(2)24-17-13)25(22,23)20-11-9-19(10-12-20)15(21)5-8-18-6-3-4-7-18/h3-12H2,1-2H3. The Balaban J connectivity index is 1.55. The van der Waals surface area contributed by atoms with Crippen LogP contribution in [0.15, 0.2) is 9.42 Å². The summed E-state index contributed by atoms with van der Waals surface area (Å²) in [7, 11) is -3.62.